The molecule has 0 unspecified atom stereocenters. The highest BCUT2D eigenvalue weighted by molar-refractivity contribution is 5.15. The molecule has 0 N–H and O–H groups in total. The normalized spacial score (nSPS) is 20.6. The van der Waals surface area contributed by atoms with Crippen LogP contribution in [0, 0.1) is 0 Å². The van der Waals surface area contributed by atoms with Crippen molar-refractivity contribution in [3.8, 4) is 0 Å². The van der Waals surface area contributed by atoms with Crippen LogP contribution in [0.15, 0.2) is 30.3 Å². The molecule has 3 heteroatoms. The van der Waals surface area contributed by atoms with Gasteiger partial charge in [-0.3, -0.25) is 9.80 Å². The average Bonchev–Trinajstić information content (AvgIpc) is 2.40. The molecule has 0 spiro atoms. The molecule has 0 radical (unpaired) electrons. The zero-order valence-corrected chi connectivity index (χ0v) is 12.4. The molecule has 1 aromatic rings. The fourth-order valence-electron chi connectivity index (χ4n) is 2.80. The van der Waals surface area contributed by atoms with Crippen LogP contribution in [-0.4, -0.2) is 55.2 Å². The van der Waals surface area contributed by atoms with Gasteiger partial charge in [-0.15, -0.1) is 0 Å². The van der Waals surface area contributed by atoms with E-state index in [1.54, 1.807) is 7.11 Å². The average molecular weight is 262 g/mol. The van der Waals surface area contributed by atoms with Crippen molar-refractivity contribution in [3.63, 3.8) is 0 Å². The van der Waals surface area contributed by atoms with Gasteiger partial charge in [0.25, 0.3) is 0 Å². The first-order valence-corrected chi connectivity index (χ1v) is 7.12. The Morgan fingerprint density at radius 3 is 2.53 bits per heavy atom. The summed E-state index contributed by atoms with van der Waals surface area (Å²) >= 11 is 0. The summed E-state index contributed by atoms with van der Waals surface area (Å²) in [5, 5.41) is 0. The van der Waals surface area contributed by atoms with Crippen LogP contribution in [0.1, 0.15) is 19.4 Å². The van der Waals surface area contributed by atoms with Crippen LogP contribution in [0.5, 0.6) is 0 Å². The van der Waals surface area contributed by atoms with Gasteiger partial charge in [0.05, 0.1) is 6.61 Å². The third-order valence-electron chi connectivity index (χ3n) is 3.98. The van der Waals surface area contributed by atoms with Crippen LogP contribution in [0.2, 0.25) is 0 Å². The fourth-order valence-corrected chi connectivity index (χ4v) is 2.80. The van der Waals surface area contributed by atoms with Gasteiger partial charge in [0.1, 0.15) is 0 Å². The van der Waals surface area contributed by atoms with Crippen molar-refractivity contribution in [3.05, 3.63) is 35.9 Å². The largest absolute Gasteiger partial charge is 0.383 e. The fraction of sp³-hybridized carbons (Fsp3) is 0.625. The van der Waals surface area contributed by atoms with Gasteiger partial charge in [-0.25, -0.2) is 0 Å². The van der Waals surface area contributed by atoms with Crippen LogP contribution in [-0.2, 0) is 11.3 Å². The Morgan fingerprint density at radius 1 is 1.16 bits per heavy atom. The zero-order chi connectivity index (χ0) is 13.7. The van der Waals surface area contributed by atoms with Crippen molar-refractivity contribution in [1.29, 1.82) is 0 Å². The van der Waals surface area contributed by atoms with E-state index in [1.807, 2.05) is 0 Å². The van der Waals surface area contributed by atoms with Gasteiger partial charge < -0.3 is 4.74 Å². The molecule has 0 atom stereocenters. The summed E-state index contributed by atoms with van der Waals surface area (Å²) in [6.45, 7) is 11.0. The maximum absolute atomic E-state index is 5.18. The lowest BCUT2D eigenvalue weighted by atomic mass is 9.97. The Balaban J connectivity index is 1.93. The number of methoxy groups -OCH3 is 1. The molecule has 3 nitrogen and oxygen atoms in total. The first kappa shape index (κ1) is 14.5. The number of hydrogen-bond donors (Lipinski definition) is 0. The quantitative estimate of drug-likeness (QED) is 0.809. The Bertz CT molecular complexity index is 378. The summed E-state index contributed by atoms with van der Waals surface area (Å²) in [6.07, 6.45) is 0. The van der Waals surface area contributed by atoms with Crippen molar-refractivity contribution >= 4 is 0 Å². The van der Waals surface area contributed by atoms with Gasteiger partial charge in [0.2, 0.25) is 0 Å². The smallest absolute Gasteiger partial charge is 0.0589 e. The van der Waals surface area contributed by atoms with Crippen molar-refractivity contribution < 1.29 is 4.74 Å². The van der Waals surface area contributed by atoms with E-state index in [0.717, 1.165) is 39.3 Å². The van der Waals surface area contributed by atoms with E-state index >= 15 is 0 Å². The molecule has 0 saturated carbocycles. The van der Waals surface area contributed by atoms with Crippen molar-refractivity contribution in [2.24, 2.45) is 0 Å². The molecule has 2 rings (SSSR count). The SMILES string of the molecule is COCCN1CCN(Cc2ccccc2)C(C)(C)C1. The highest BCUT2D eigenvalue weighted by Gasteiger charge is 2.33. The first-order chi connectivity index (χ1) is 9.12. The molecule has 1 saturated heterocycles. The number of nitrogens with zero attached hydrogens (tertiary/aromatic N) is 2. The highest BCUT2D eigenvalue weighted by Crippen LogP contribution is 2.23. The molecule has 1 aliphatic rings. The molecule has 106 valence electrons. The van der Waals surface area contributed by atoms with Crippen molar-refractivity contribution in [2.75, 3.05) is 39.9 Å². The molecule has 0 aromatic heterocycles. The maximum atomic E-state index is 5.18. The minimum absolute atomic E-state index is 0.224. The second kappa shape index (κ2) is 6.51. The molecule has 1 heterocycles. The Labute approximate surface area is 117 Å². The Morgan fingerprint density at radius 2 is 1.89 bits per heavy atom. The Kier molecular flexibility index (Phi) is 4.97. The first-order valence-electron chi connectivity index (χ1n) is 7.12. The summed E-state index contributed by atoms with van der Waals surface area (Å²) in [5.74, 6) is 0. The Hall–Kier alpha value is -0.900. The summed E-state index contributed by atoms with van der Waals surface area (Å²) in [4.78, 5) is 5.09. The van der Waals surface area contributed by atoms with Crippen molar-refractivity contribution in [1.82, 2.24) is 9.80 Å². The van der Waals surface area contributed by atoms with E-state index in [4.69, 9.17) is 4.74 Å². The van der Waals surface area contributed by atoms with E-state index in [2.05, 4.69) is 54.0 Å². The number of hydrogen-bond acceptors (Lipinski definition) is 3. The molecule has 0 aliphatic carbocycles. The monoisotopic (exact) mass is 262 g/mol. The molecule has 19 heavy (non-hydrogen) atoms. The van der Waals surface area contributed by atoms with Gasteiger partial charge in [-0.1, -0.05) is 30.3 Å². The van der Waals surface area contributed by atoms with E-state index in [1.165, 1.54) is 5.56 Å². The molecular weight excluding hydrogens is 236 g/mol. The molecule has 0 amide bonds. The van der Waals surface area contributed by atoms with Gasteiger partial charge in [0.15, 0.2) is 0 Å². The van der Waals surface area contributed by atoms with E-state index in [-0.39, 0.29) is 5.54 Å². The summed E-state index contributed by atoms with van der Waals surface area (Å²) in [6, 6.07) is 10.8. The standard InChI is InChI=1S/C16H26N2O/c1-16(2)14-17(11-12-19-3)9-10-18(16)13-15-7-5-4-6-8-15/h4-8H,9-14H2,1-3H3. The second-order valence-corrected chi connectivity index (χ2v) is 5.99. The molecule has 1 fully saturated rings. The topological polar surface area (TPSA) is 15.7 Å². The summed E-state index contributed by atoms with van der Waals surface area (Å²) in [7, 11) is 1.77. The number of rotatable bonds is 5. The maximum Gasteiger partial charge on any atom is 0.0589 e. The third-order valence-corrected chi connectivity index (χ3v) is 3.98. The molecule has 0 bridgehead atoms. The highest BCUT2D eigenvalue weighted by atomic mass is 16.5. The third kappa shape index (κ3) is 4.03. The second-order valence-electron chi connectivity index (χ2n) is 5.99. The van der Waals surface area contributed by atoms with Crippen LogP contribution >= 0.6 is 0 Å². The lowest BCUT2D eigenvalue weighted by Gasteiger charge is -2.47. The van der Waals surface area contributed by atoms with Gasteiger partial charge >= 0.3 is 0 Å². The molecule has 1 aromatic carbocycles. The number of ether oxygens (including phenoxy) is 1. The van der Waals surface area contributed by atoms with Crippen LogP contribution in [0.3, 0.4) is 0 Å². The molecular formula is C16H26N2O. The predicted molar refractivity (Wildman–Crippen MR) is 79.2 cm³/mol. The van der Waals surface area contributed by atoms with Gasteiger partial charge in [-0.05, 0) is 19.4 Å². The lowest BCUT2D eigenvalue weighted by Crippen LogP contribution is -2.59. The number of benzene rings is 1. The zero-order valence-electron chi connectivity index (χ0n) is 12.4. The minimum Gasteiger partial charge on any atom is -0.383 e. The van der Waals surface area contributed by atoms with E-state index in [0.29, 0.717) is 0 Å². The van der Waals surface area contributed by atoms with Crippen LogP contribution in [0.25, 0.3) is 0 Å². The van der Waals surface area contributed by atoms with Gasteiger partial charge in [0, 0.05) is 45.4 Å². The van der Waals surface area contributed by atoms with Crippen LogP contribution in [0.4, 0.5) is 0 Å². The van der Waals surface area contributed by atoms with Gasteiger partial charge in [-0.2, -0.15) is 0 Å². The summed E-state index contributed by atoms with van der Waals surface area (Å²) < 4.78 is 5.18. The van der Waals surface area contributed by atoms with E-state index in [9.17, 15) is 0 Å². The van der Waals surface area contributed by atoms with Crippen LogP contribution < -0.4 is 0 Å². The predicted octanol–water partition coefficient (Wildman–Crippen LogP) is 2.23. The van der Waals surface area contributed by atoms with Crippen molar-refractivity contribution in [2.45, 2.75) is 25.9 Å². The minimum atomic E-state index is 0.224. The number of piperazine rings is 1. The lowest BCUT2D eigenvalue weighted by molar-refractivity contribution is 0.00464. The van der Waals surface area contributed by atoms with E-state index < -0.39 is 0 Å². The summed E-state index contributed by atoms with van der Waals surface area (Å²) in [5.41, 5.74) is 1.63. The molecule has 1 aliphatic heterocycles.